The van der Waals surface area contributed by atoms with Crippen LogP contribution in [0.3, 0.4) is 0 Å². The van der Waals surface area contributed by atoms with Gasteiger partial charge >= 0.3 is 0 Å². The quantitative estimate of drug-likeness (QED) is 0.819. The molecule has 0 bridgehead atoms. The van der Waals surface area contributed by atoms with Gasteiger partial charge in [-0.15, -0.1) is 0 Å². The third-order valence-electron chi connectivity index (χ3n) is 3.33. The molecule has 1 aliphatic rings. The molecule has 0 amide bonds. The highest BCUT2D eigenvalue weighted by molar-refractivity contribution is 7.89. The Morgan fingerprint density at radius 1 is 1.45 bits per heavy atom. The minimum atomic E-state index is -3.49. The van der Waals surface area contributed by atoms with Crippen LogP contribution in [0, 0.1) is 17.3 Å². The maximum Gasteiger partial charge on any atom is 0.244 e. The Morgan fingerprint density at radius 3 is 2.80 bits per heavy atom. The number of hydrogen-bond donors (Lipinski definition) is 1. The van der Waals surface area contributed by atoms with Gasteiger partial charge in [-0.2, -0.15) is 4.31 Å². The van der Waals surface area contributed by atoms with Crippen LogP contribution in [0.15, 0.2) is 23.4 Å². The molecule has 20 heavy (non-hydrogen) atoms. The molecule has 0 unspecified atom stereocenters. The van der Waals surface area contributed by atoms with E-state index in [0.29, 0.717) is 18.7 Å². The van der Waals surface area contributed by atoms with Crippen LogP contribution in [-0.2, 0) is 10.0 Å². The van der Waals surface area contributed by atoms with E-state index >= 15 is 0 Å². The van der Waals surface area contributed by atoms with Crippen LogP contribution in [0.1, 0.15) is 25.8 Å². The van der Waals surface area contributed by atoms with Crippen molar-refractivity contribution in [3.05, 3.63) is 24.0 Å². The third-order valence-corrected chi connectivity index (χ3v) is 5.14. The molecule has 2 N–H and O–H groups in total. The van der Waals surface area contributed by atoms with Crippen molar-refractivity contribution < 1.29 is 8.42 Å². The summed E-state index contributed by atoms with van der Waals surface area (Å²) >= 11 is 0. The number of hydrogen-bond acceptors (Lipinski definition) is 4. The van der Waals surface area contributed by atoms with Crippen molar-refractivity contribution in [3.8, 4) is 11.8 Å². The summed E-state index contributed by atoms with van der Waals surface area (Å²) in [6, 6.07) is 1.55. The fourth-order valence-corrected chi connectivity index (χ4v) is 3.82. The summed E-state index contributed by atoms with van der Waals surface area (Å²) in [5.41, 5.74) is 5.90. The Labute approximate surface area is 120 Å². The molecule has 0 radical (unpaired) electrons. The summed E-state index contributed by atoms with van der Waals surface area (Å²) < 4.78 is 26.6. The molecule has 1 fully saturated rings. The zero-order valence-corrected chi connectivity index (χ0v) is 12.6. The van der Waals surface area contributed by atoms with Gasteiger partial charge < -0.3 is 5.73 Å². The fourth-order valence-electron chi connectivity index (χ4n) is 2.20. The predicted molar refractivity (Wildman–Crippen MR) is 77.3 cm³/mol. The highest BCUT2D eigenvalue weighted by atomic mass is 32.2. The second kappa shape index (κ2) is 5.52. The molecule has 2 rings (SSSR count). The van der Waals surface area contributed by atoms with Crippen LogP contribution in [0.2, 0.25) is 0 Å². The summed E-state index contributed by atoms with van der Waals surface area (Å²) in [6.07, 6.45) is 3.77. The van der Waals surface area contributed by atoms with Gasteiger partial charge in [-0.1, -0.05) is 25.7 Å². The molecular weight excluding hydrogens is 274 g/mol. The van der Waals surface area contributed by atoms with Crippen molar-refractivity contribution in [1.29, 1.82) is 0 Å². The minimum Gasteiger partial charge on any atom is -0.320 e. The monoisotopic (exact) mass is 293 g/mol. The van der Waals surface area contributed by atoms with E-state index in [1.807, 2.05) is 0 Å². The van der Waals surface area contributed by atoms with E-state index in [1.54, 1.807) is 6.07 Å². The third kappa shape index (κ3) is 3.18. The average Bonchev–Trinajstić information content (AvgIpc) is 2.78. The van der Waals surface area contributed by atoms with Gasteiger partial charge in [0.15, 0.2) is 0 Å². The van der Waals surface area contributed by atoms with Crippen molar-refractivity contribution in [2.75, 3.05) is 19.6 Å². The number of nitrogens with two attached hydrogens (primary N) is 1. The van der Waals surface area contributed by atoms with E-state index in [2.05, 4.69) is 30.7 Å². The first-order chi connectivity index (χ1) is 9.35. The fraction of sp³-hybridized carbons (Fsp3) is 0.500. The lowest BCUT2D eigenvalue weighted by Gasteiger charge is -2.19. The molecule has 1 saturated heterocycles. The van der Waals surface area contributed by atoms with E-state index in [9.17, 15) is 8.42 Å². The van der Waals surface area contributed by atoms with Gasteiger partial charge in [-0.05, 0) is 17.9 Å². The largest absolute Gasteiger partial charge is 0.320 e. The van der Waals surface area contributed by atoms with Gasteiger partial charge in [-0.3, -0.25) is 4.98 Å². The number of pyridine rings is 1. The molecule has 0 aliphatic carbocycles. The summed E-state index contributed by atoms with van der Waals surface area (Å²) in [5, 5.41) is 0. The van der Waals surface area contributed by atoms with E-state index in [-0.39, 0.29) is 16.9 Å². The second-order valence-corrected chi connectivity index (χ2v) is 7.61. The molecule has 0 spiro atoms. The topological polar surface area (TPSA) is 76.3 Å². The average molecular weight is 293 g/mol. The Kier molecular flexibility index (Phi) is 4.14. The number of nitrogens with zero attached hydrogens (tertiary/aromatic N) is 2. The van der Waals surface area contributed by atoms with Crippen molar-refractivity contribution in [3.63, 3.8) is 0 Å². The lowest BCUT2D eigenvalue weighted by molar-refractivity contribution is 0.375. The molecule has 1 aromatic heterocycles. The van der Waals surface area contributed by atoms with Crippen LogP contribution in [-0.4, -0.2) is 37.3 Å². The van der Waals surface area contributed by atoms with Crippen LogP contribution in [0.5, 0.6) is 0 Å². The van der Waals surface area contributed by atoms with Crippen molar-refractivity contribution >= 4 is 10.0 Å². The van der Waals surface area contributed by atoms with Crippen molar-refractivity contribution in [1.82, 2.24) is 9.29 Å². The standard InChI is InChI=1S/C14H19N3O2S/c1-14(2)5-7-17(11-14)20(18,19)13-8-12(4-3-6-15)9-16-10-13/h8-10H,5-7,11,15H2,1-2H3. The SMILES string of the molecule is CC1(C)CCN(S(=O)(=O)c2cncc(C#CCN)c2)C1. The van der Waals surface area contributed by atoms with Crippen molar-refractivity contribution in [2.24, 2.45) is 11.1 Å². The molecule has 2 heterocycles. The molecule has 0 atom stereocenters. The number of sulfonamides is 1. The summed E-state index contributed by atoms with van der Waals surface area (Å²) in [6.45, 7) is 5.47. The Hall–Kier alpha value is -1.42. The summed E-state index contributed by atoms with van der Waals surface area (Å²) in [7, 11) is -3.49. The molecule has 1 aliphatic heterocycles. The van der Waals surface area contributed by atoms with Gasteiger partial charge in [0.25, 0.3) is 0 Å². The molecule has 5 nitrogen and oxygen atoms in total. The second-order valence-electron chi connectivity index (χ2n) is 5.67. The zero-order chi connectivity index (χ0) is 14.8. The lowest BCUT2D eigenvalue weighted by atomic mass is 9.93. The molecule has 1 aromatic rings. The van der Waals surface area contributed by atoms with Gasteiger partial charge in [0.2, 0.25) is 10.0 Å². The molecule has 0 saturated carbocycles. The number of aromatic nitrogens is 1. The van der Waals surface area contributed by atoms with E-state index in [4.69, 9.17) is 5.73 Å². The maximum absolute atomic E-state index is 12.6. The Morgan fingerprint density at radius 2 is 2.20 bits per heavy atom. The Bertz CT molecular complexity index is 656. The van der Waals surface area contributed by atoms with Gasteiger partial charge in [0, 0.05) is 31.0 Å². The van der Waals surface area contributed by atoms with Crippen LogP contribution in [0.25, 0.3) is 0 Å². The maximum atomic E-state index is 12.6. The normalized spacial score (nSPS) is 18.6. The predicted octanol–water partition coefficient (Wildman–Crippen LogP) is 0.812. The number of rotatable bonds is 2. The smallest absolute Gasteiger partial charge is 0.244 e. The first-order valence-electron chi connectivity index (χ1n) is 6.49. The Balaban J connectivity index is 2.31. The van der Waals surface area contributed by atoms with E-state index < -0.39 is 10.0 Å². The first kappa shape index (κ1) is 15.0. The van der Waals surface area contributed by atoms with Gasteiger partial charge in [-0.25, -0.2) is 8.42 Å². The molecule has 108 valence electrons. The van der Waals surface area contributed by atoms with E-state index in [0.717, 1.165) is 6.42 Å². The van der Waals surface area contributed by atoms with Crippen LogP contribution < -0.4 is 5.73 Å². The summed E-state index contributed by atoms with van der Waals surface area (Å²) in [5.74, 6) is 5.50. The van der Waals surface area contributed by atoms with Gasteiger partial charge in [0.05, 0.1) is 6.54 Å². The lowest BCUT2D eigenvalue weighted by Crippen LogP contribution is -2.30. The van der Waals surface area contributed by atoms with E-state index in [1.165, 1.54) is 16.7 Å². The molecule has 0 aromatic carbocycles. The van der Waals surface area contributed by atoms with Gasteiger partial charge in [0.1, 0.15) is 4.90 Å². The van der Waals surface area contributed by atoms with Crippen LogP contribution in [0.4, 0.5) is 0 Å². The van der Waals surface area contributed by atoms with Crippen LogP contribution >= 0.6 is 0 Å². The minimum absolute atomic E-state index is 0.0253. The summed E-state index contributed by atoms with van der Waals surface area (Å²) in [4.78, 5) is 4.16. The first-order valence-corrected chi connectivity index (χ1v) is 7.93. The molecular formula is C14H19N3O2S. The highest BCUT2D eigenvalue weighted by Crippen LogP contribution is 2.32. The highest BCUT2D eigenvalue weighted by Gasteiger charge is 2.36. The zero-order valence-electron chi connectivity index (χ0n) is 11.8. The van der Waals surface area contributed by atoms with Crippen molar-refractivity contribution in [2.45, 2.75) is 25.2 Å². The molecule has 6 heteroatoms.